The quantitative estimate of drug-likeness (QED) is 0.137. The third-order valence-electron chi connectivity index (χ3n) is 3.40. The first kappa shape index (κ1) is 25.6. The second-order valence-electron chi connectivity index (χ2n) is 5.76. The molecule has 0 aliphatic heterocycles. The minimum atomic E-state index is -1.74. The third kappa shape index (κ3) is 8.51. The lowest BCUT2D eigenvalue weighted by molar-refractivity contribution is -0.144. The molecule has 0 aromatic carbocycles. The van der Waals surface area contributed by atoms with Crippen molar-refractivity contribution in [2.24, 2.45) is 5.73 Å². The molecule has 0 radical (unpaired) electrons. The van der Waals surface area contributed by atoms with Crippen LogP contribution >= 0.6 is 12.6 Å². The number of aliphatic carboxylic acids is 2. The first-order valence-corrected chi connectivity index (χ1v) is 8.58. The fraction of sp³-hybridized carbons (Fsp3) is 0.643. The number of rotatable bonds is 12. The Bertz CT molecular complexity index is 601. The first-order valence-electron chi connectivity index (χ1n) is 7.95. The molecule has 0 aromatic heterocycles. The number of carboxylic acids is 2. The van der Waals surface area contributed by atoms with E-state index >= 15 is 0 Å². The Labute approximate surface area is 165 Å². The van der Waals surface area contributed by atoms with Crippen molar-refractivity contribution in [3.05, 3.63) is 0 Å². The summed E-state index contributed by atoms with van der Waals surface area (Å²) >= 11 is 3.82. The molecule has 0 fully saturated rings. The highest BCUT2D eigenvalue weighted by molar-refractivity contribution is 7.80. The van der Waals surface area contributed by atoms with Gasteiger partial charge in [0, 0.05) is 5.75 Å². The van der Waals surface area contributed by atoms with Crippen molar-refractivity contribution in [3.63, 3.8) is 0 Å². The smallest absolute Gasteiger partial charge is 0.328 e. The number of aliphatic hydroxyl groups excluding tert-OH is 2. The van der Waals surface area contributed by atoms with E-state index in [9.17, 15) is 29.1 Å². The summed E-state index contributed by atoms with van der Waals surface area (Å²) in [5.74, 6) is -6.24. The number of carbonyl (C=O) groups excluding carboxylic acids is 3. The Morgan fingerprint density at radius 2 is 1.50 bits per heavy atom. The Morgan fingerprint density at radius 1 is 0.964 bits per heavy atom. The van der Waals surface area contributed by atoms with E-state index < -0.39 is 73.0 Å². The van der Waals surface area contributed by atoms with Crippen molar-refractivity contribution in [3.8, 4) is 0 Å². The molecule has 0 spiro atoms. The molecular weight excluding hydrogens is 400 g/mol. The van der Waals surface area contributed by atoms with Gasteiger partial charge in [0.2, 0.25) is 17.7 Å². The molecule has 0 aliphatic carbocycles. The van der Waals surface area contributed by atoms with E-state index in [1.807, 2.05) is 10.6 Å². The summed E-state index contributed by atoms with van der Waals surface area (Å²) in [6.45, 7) is 0.192. The zero-order chi connectivity index (χ0) is 22.0. The zero-order valence-corrected chi connectivity index (χ0v) is 15.8. The monoisotopic (exact) mass is 424 g/mol. The molecule has 0 saturated carbocycles. The average Bonchev–Trinajstić information content (AvgIpc) is 2.61. The van der Waals surface area contributed by atoms with Gasteiger partial charge in [-0.05, 0) is 6.92 Å². The van der Waals surface area contributed by atoms with Gasteiger partial charge in [-0.2, -0.15) is 12.6 Å². The van der Waals surface area contributed by atoms with Crippen LogP contribution in [0.15, 0.2) is 0 Å². The highest BCUT2D eigenvalue weighted by Crippen LogP contribution is 2.00. The summed E-state index contributed by atoms with van der Waals surface area (Å²) in [4.78, 5) is 58.1. The molecule has 160 valence electrons. The molecule has 0 aliphatic rings. The Balaban J connectivity index is 5.34. The van der Waals surface area contributed by atoms with Gasteiger partial charge in [0.15, 0.2) is 0 Å². The normalized spacial score (nSPS) is 16.0. The number of thiol groups is 1. The van der Waals surface area contributed by atoms with E-state index in [0.29, 0.717) is 0 Å². The summed E-state index contributed by atoms with van der Waals surface area (Å²) in [7, 11) is 0. The lowest BCUT2D eigenvalue weighted by Crippen LogP contribution is -2.60. The molecule has 5 unspecified atom stereocenters. The molecule has 13 nitrogen and oxygen atoms in total. The molecule has 14 heteroatoms. The topological polar surface area (TPSA) is 228 Å². The van der Waals surface area contributed by atoms with Crippen molar-refractivity contribution in [1.82, 2.24) is 16.0 Å². The van der Waals surface area contributed by atoms with E-state index in [1.165, 1.54) is 0 Å². The standard InChI is InChI=1S/C14H24N4O9S/c1-5(20)10(18-11(23)6(15)4-28)13(25)16-7(2-9(21)22)12(24)17-8(3-19)14(26)27/h5-8,10,19-20,28H,2-4,15H2,1H3,(H,16,25)(H,17,24)(H,18,23)(H,21,22)(H,26,27). The Morgan fingerprint density at radius 3 is 1.89 bits per heavy atom. The molecule has 3 amide bonds. The highest BCUT2D eigenvalue weighted by atomic mass is 32.1. The molecule has 0 aromatic rings. The lowest BCUT2D eigenvalue weighted by Gasteiger charge is -2.25. The zero-order valence-electron chi connectivity index (χ0n) is 14.9. The largest absolute Gasteiger partial charge is 0.481 e. The lowest BCUT2D eigenvalue weighted by atomic mass is 10.1. The van der Waals surface area contributed by atoms with Crippen molar-refractivity contribution >= 4 is 42.3 Å². The second kappa shape index (κ2) is 12.1. The van der Waals surface area contributed by atoms with Gasteiger partial charge >= 0.3 is 11.9 Å². The molecule has 28 heavy (non-hydrogen) atoms. The number of nitrogens with two attached hydrogens (primary N) is 1. The fourth-order valence-corrected chi connectivity index (χ4v) is 2.02. The number of aliphatic hydroxyl groups is 2. The Kier molecular flexibility index (Phi) is 11.1. The van der Waals surface area contributed by atoms with Crippen LogP contribution < -0.4 is 21.7 Å². The maximum Gasteiger partial charge on any atom is 0.328 e. The molecule has 9 N–H and O–H groups in total. The third-order valence-corrected chi connectivity index (χ3v) is 3.80. The van der Waals surface area contributed by atoms with Gasteiger partial charge in [0.1, 0.15) is 18.1 Å². The van der Waals surface area contributed by atoms with Crippen LogP contribution in [0.5, 0.6) is 0 Å². The van der Waals surface area contributed by atoms with Gasteiger partial charge in [-0.25, -0.2) is 4.79 Å². The average molecular weight is 424 g/mol. The van der Waals surface area contributed by atoms with Crippen LogP contribution in [0.3, 0.4) is 0 Å². The van der Waals surface area contributed by atoms with E-state index in [1.54, 1.807) is 0 Å². The van der Waals surface area contributed by atoms with Gasteiger partial charge in [0.05, 0.1) is 25.2 Å². The van der Waals surface area contributed by atoms with Crippen molar-refractivity contribution in [1.29, 1.82) is 0 Å². The number of hydrogen-bond donors (Lipinski definition) is 9. The SMILES string of the molecule is CC(O)C(NC(=O)C(N)CS)C(=O)NC(CC(=O)O)C(=O)NC(CO)C(=O)O. The number of carbonyl (C=O) groups is 5. The molecule has 0 heterocycles. The number of nitrogens with one attached hydrogen (secondary N) is 3. The van der Waals surface area contributed by atoms with Crippen LogP contribution in [-0.2, 0) is 24.0 Å². The van der Waals surface area contributed by atoms with E-state index in [0.717, 1.165) is 6.92 Å². The van der Waals surface area contributed by atoms with Crippen LogP contribution in [0.1, 0.15) is 13.3 Å². The predicted octanol–water partition coefficient (Wildman–Crippen LogP) is -4.37. The molecular formula is C14H24N4O9S. The number of carboxylic acid groups (broad SMARTS) is 2. The maximum atomic E-state index is 12.3. The molecule has 5 atom stereocenters. The van der Waals surface area contributed by atoms with Crippen LogP contribution in [0.2, 0.25) is 0 Å². The number of amides is 3. The van der Waals surface area contributed by atoms with Gasteiger partial charge in [-0.3, -0.25) is 19.2 Å². The fourth-order valence-electron chi connectivity index (χ4n) is 1.85. The summed E-state index contributed by atoms with van der Waals surface area (Å²) in [6.07, 6.45) is -2.36. The van der Waals surface area contributed by atoms with Gasteiger partial charge in [-0.15, -0.1) is 0 Å². The van der Waals surface area contributed by atoms with Gasteiger partial charge in [-0.1, -0.05) is 0 Å². The van der Waals surface area contributed by atoms with Gasteiger partial charge in [0.25, 0.3) is 0 Å². The maximum absolute atomic E-state index is 12.3. The summed E-state index contributed by atoms with van der Waals surface area (Å²) in [5, 5.41) is 42.4. The van der Waals surface area contributed by atoms with Crippen LogP contribution in [0.4, 0.5) is 0 Å². The predicted molar refractivity (Wildman–Crippen MR) is 96.3 cm³/mol. The van der Waals surface area contributed by atoms with Crippen LogP contribution in [0, 0.1) is 0 Å². The van der Waals surface area contributed by atoms with Crippen LogP contribution in [-0.4, -0.2) is 92.7 Å². The first-order chi connectivity index (χ1) is 12.9. The second-order valence-corrected chi connectivity index (χ2v) is 6.12. The van der Waals surface area contributed by atoms with Gasteiger partial charge < -0.3 is 42.1 Å². The highest BCUT2D eigenvalue weighted by Gasteiger charge is 2.33. The van der Waals surface area contributed by atoms with Crippen LogP contribution in [0.25, 0.3) is 0 Å². The minimum Gasteiger partial charge on any atom is -0.481 e. The van der Waals surface area contributed by atoms with Crippen molar-refractivity contribution < 1.29 is 44.4 Å². The van der Waals surface area contributed by atoms with E-state index in [-0.39, 0.29) is 5.75 Å². The van der Waals surface area contributed by atoms with E-state index in [4.69, 9.17) is 21.1 Å². The summed E-state index contributed by atoms with van der Waals surface area (Å²) in [6, 6.07) is -6.12. The van der Waals surface area contributed by atoms with E-state index in [2.05, 4.69) is 17.9 Å². The molecule has 0 bridgehead atoms. The summed E-state index contributed by atoms with van der Waals surface area (Å²) in [5.41, 5.74) is 5.46. The van der Waals surface area contributed by atoms with Crippen molar-refractivity contribution in [2.75, 3.05) is 12.4 Å². The van der Waals surface area contributed by atoms with Crippen molar-refractivity contribution in [2.45, 2.75) is 43.6 Å². The summed E-state index contributed by atoms with van der Waals surface area (Å²) < 4.78 is 0. The Hall–Kier alpha value is -2.42. The molecule has 0 saturated heterocycles. The minimum absolute atomic E-state index is 0.0538. The molecule has 0 rings (SSSR count). The number of hydrogen-bond acceptors (Lipinski definition) is 9.